The highest BCUT2D eigenvalue weighted by Gasteiger charge is 2.40. The van der Waals surface area contributed by atoms with Crippen molar-refractivity contribution >= 4 is 32.4 Å². The zero-order valence-corrected chi connectivity index (χ0v) is 18.0. The van der Waals surface area contributed by atoms with E-state index in [0.29, 0.717) is 37.3 Å². The quantitative estimate of drug-likeness (QED) is 0.613. The van der Waals surface area contributed by atoms with Gasteiger partial charge in [-0.3, -0.25) is 0 Å². The van der Waals surface area contributed by atoms with Crippen LogP contribution in [0.5, 0.6) is 0 Å². The Balaban J connectivity index is 1.56. The molecular formula is C17H20F4N6O2S2. The Kier molecular flexibility index (Phi) is 5.81. The van der Waals surface area contributed by atoms with Gasteiger partial charge < -0.3 is 10.6 Å². The number of hydrogen-bond acceptors (Lipinski definition) is 8. The number of thiazole rings is 1. The minimum Gasteiger partial charge on any atom is -0.359 e. The third-order valence-electron chi connectivity index (χ3n) is 5.02. The van der Waals surface area contributed by atoms with E-state index in [1.165, 1.54) is 4.31 Å². The lowest BCUT2D eigenvalue weighted by atomic mass is 10.1. The zero-order chi connectivity index (χ0) is 22.4. The van der Waals surface area contributed by atoms with Crippen molar-refractivity contribution in [3.8, 4) is 10.6 Å². The maximum atomic E-state index is 14.4. The van der Waals surface area contributed by atoms with Crippen LogP contribution in [0.25, 0.3) is 10.6 Å². The van der Waals surface area contributed by atoms with Crippen molar-refractivity contribution in [1.29, 1.82) is 0 Å². The summed E-state index contributed by atoms with van der Waals surface area (Å²) in [6.45, 7) is 0.599. The largest absolute Gasteiger partial charge is 0.434 e. The Morgan fingerprint density at radius 3 is 2.32 bits per heavy atom. The van der Waals surface area contributed by atoms with E-state index in [4.69, 9.17) is 0 Å². The third kappa shape index (κ3) is 5.23. The highest BCUT2D eigenvalue weighted by molar-refractivity contribution is 7.88. The molecule has 31 heavy (non-hydrogen) atoms. The summed E-state index contributed by atoms with van der Waals surface area (Å²) in [5.41, 5.74) is -1.66. The van der Waals surface area contributed by atoms with Gasteiger partial charge in [-0.2, -0.15) is 13.2 Å². The molecule has 0 spiro atoms. The molecule has 0 amide bonds. The average Bonchev–Trinajstić information content (AvgIpc) is 3.38. The Morgan fingerprint density at radius 1 is 1.10 bits per heavy atom. The van der Waals surface area contributed by atoms with Crippen molar-refractivity contribution in [2.24, 2.45) is 0 Å². The molecule has 8 nitrogen and oxygen atoms in total. The normalized spacial score (nSPS) is 18.9. The van der Waals surface area contributed by atoms with Crippen LogP contribution < -0.4 is 10.6 Å². The lowest BCUT2D eigenvalue weighted by molar-refractivity contribution is -0.140. The summed E-state index contributed by atoms with van der Waals surface area (Å²) in [5.74, 6) is -1.00. The van der Waals surface area contributed by atoms with Gasteiger partial charge in [-0.25, -0.2) is 32.1 Å². The van der Waals surface area contributed by atoms with Gasteiger partial charge >= 0.3 is 6.18 Å². The topological polar surface area (TPSA) is 100 Å². The first-order valence-corrected chi connectivity index (χ1v) is 12.3. The van der Waals surface area contributed by atoms with Gasteiger partial charge in [0.15, 0.2) is 16.6 Å². The number of nitrogens with zero attached hydrogens (tertiary/aromatic N) is 4. The predicted octanol–water partition coefficient (Wildman–Crippen LogP) is 3.17. The minimum absolute atomic E-state index is 0.0209. The molecule has 2 fully saturated rings. The number of halogens is 4. The summed E-state index contributed by atoms with van der Waals surface area (Å²) < 4.78 is 79.6. The minimum atomic E-state index is -4.77. The number of sulfonamides is 1. The highest BCUT2D eigenvalue weighted by Crippen LogP contribution is 2.43. The lowest BCUT2D eigenvalue weighted by Crippen LogP contribution is -2.42. The first-order chi connectivity index (χ1) is 14.5. The molecule has 0 unspecified atom stereocenters. The lowest BCUT2D eigenvalue weighted by Gasteiger charge is -2.30. The predicted molar refractivity (Wildman–Crippen MR) is 108 cm³/mol. The molecule has 170 valence electrons. The molecule has 1 aliphatic carbocycles. The first kappa shape index (κ1) is 22.1. The second-order valence-corrected chi connectivity index (χ2v) is 10.6. The number of anilines is 2. The first-order valence-electron chi connectivity index (χ1n) is 9.60. The van der Waals surface area contributed by atoms with Crippen molar-refractivity contribution < 1.29 is 26.0 Å². The molecule has 14 heteroatoms. The Morgan fingerprint density at radius 2 is 1.74 bits per heavy atom. The number of aromatic nitrogens is 3. The fourth-order valence-corrected chi connectivity index (χ4v) is 5.17. The van der Waals surface area contributed by atoms with Gasteiger partial charge in [0.05, 0.1) is 17.3 Å². The molecular weight excluding hydrogens is 460 g/mol. The summed E-state index contributed by atoms with van der Waals surface area (Å²) in [6.07, 6.45) is -0.173. The Bertz CT molecular complexity index is 1060. The maximum Gasteiger partial charge on any atom is 0.434 e. The number of rotatable bonds is 6. The van der Waals surface area contributed by atoms with Crippen LogP contribution in [0.1, 0.15) is 31.4 Å². The second kappa shape index (κ2) is 8.13. The molecule has 0 bridgehead atoms. The van der Waals surface area contributed by atoms with E-state index in [1.807, 2.05) is 0 Å². The summed E-state index contributed by atoms with van der Waals surface area (Å²) in [4.78, 5) is 11.1. The summed E-state index contributed by atoms with van der Waals surface area (Å²) in [6, 6.07) is -0.0997. The van der Waals surface area contributed by atoms with Gasteiger partial charge in [-0.15, -0.1) is 0 Å². The molecule has 2 aliphatic rings. The molecule has 4 rings (SSSR count). The molecule has 2 aromatic rings. The molecule has 2 aromatic heterocycles. The second-order valence-electron chi connectivity index (χ2n) is 7.58. The van der Waals surface area contributed by atoms with Crippen LogP contribution in [0.3, 0.4) is 0 Å². The smallest absolute Gasteiger partial charge is 0.359 e. The molecule has 0 aromatic carbocycles. The average molecular weight is 481 g/mol. The van der Waals surface area contributed by atoms with E-state index < -0.39 is 38.3 Å². The fourth-order valence-electron chi connectivity index (χ4n) is 3.25. The van der Waals surface area contributed by atoms with E-state index in [-0.39, 0.29) is 23.2 Å². The van der Waals surface area contributed by atoms with Gasteiger partial charge in [0, 0.05) is 25.2 Å². The summed E-state index contributed by atoms with van der Waals surface area (Å²) in [5, 5.41) is 5.96. The monoisotopic (exact) mass is 480 g/mol. The molecule has 1 saturated carbocycles. The van der Waals surface area contributed by atoms with Crippen LogP contribution in [-0.4, -0.2) is 59.1 Å². The van der Waals surface area contributed by atoms with Crippen molar-refractivity contribution in [2.45, 2.75) is 43.9 Å². The SMILES string of the molecule is CS(=O)(=O)N1CCC(Nc2ncc(F)c(-c3sc(NC4CC4)nc3C(F)(F)F)n2)CC1. The molecule has 2 N–H and O–H groups in total. The van der Waals surface area contributed by atoms with Crippen LogP contribution in [0.4, 0.5) is 28.6 Å². The standard InChI is InChI=1S/C17H20F4N6O2S2/c1-31(28,29)27-6-4-10(5-7-27)23-15-22-8-11(18)12(25-15)13-14(17(19,20)21)26-16(30-13)24-9-2-3-9/h8-10H,2-7H2,1H3,(H,24,26)(H,22,23,25). The van der Waals surface area contributed by atoms with Gasteiger partial charge in [0.25, 0.3) is 0 Å². The van der Waals surface area contributed by atoms with Crippen molar-refractivity contribution in [3.05, 3.63) is 17.7 Å². The fraction of sp³-hybridized carbons (Fsp3) is 0.588. The van der Waals surface area contributed by atoms with Crippen molar-refractivity contribution in [2.75, 3.05) is 30.0 Å². The van der Waals surface area contributed by atoms with Crippen LogP contribution in [0, 0.1) is 5.82 Å². The van der Waals surface area contributed by atoms with E-state index in [1.54, 1.807) is 0 Å². The van der Waals surface area contributed by atoms with Gasteiger partial charge in [-0.1, -0.05) is 11.3 Å². The summed E-state index contributed by atoms with van der Waals surface area (Å²) in [7, 11) is -3.28. The Hall–Kier alpha value is -2.06. The van der Waals surface area contributed by atoms with E-state index in [2.05, 4.69) is 25.6 Å². The van der Waals surface area contributed by atoms with Gasteiger partial charge in [-0.05, 0) is 25.7 Å². The molecule has 1 aliphatic heterocycles. The van der Waals surface area contributed by atoms with Crippen LogP contribution in [0.2, 0.25) is 0 Å². The zero-order valence-electron chi connectivity index (χ0n) is 16.4. The molecule has 1 saturated heterocycles. The summed E-state index contributed by atoms with van der Waals surface area (Å²) >= 11 is 0.706. The number of piperidine rings is 1. The van der Waals surface area contributed by atoms with Gasteiger partial charge in [0.1, 0.15) is 5.69 Å². The number of hydrogen-bond donors (Lipinski definition) is 2. The van der Waals surface area contributed by atoms with Crippen LogP contribution in [0.15, 0.2) is 6.20 Å². The van der Waals surface area contributed by atoms with Crippen LogP contribution >= 0.6 is 11.3 Å². The third-order valence-corrected chi connectivity index (χ3v) is 7.31. The molecule has 3 heterocycles. The van der Waals surface area contributed by atoms with E-state index >= 15 is 0 Å². The van der Waals surface area contributed by atoms with Crippen molar-refractivity contribution in [3.63, 3.8) is 0 Å². The van der Waals surface area contributed by atoms with Crippen LogP contribution in [-0.2, 0) is 16.2 Å². The Labute approximate surface area is 180 Å². The maximum absolute atomic E-state index is 14.4. The molecule has 0 atom stereocenters. The highest BCUT2D eigenvalue weighted by atomic mass is 32.2. The van der Waals surface area contributed by atoms with Gasteiger partial charge in [0.2, 0.25) is 16.0 Å². The number of nitrogens with one attached hydrogen (secondary N) is 2. The van der Waals surface area contributed by atoms with E-state index in [9.17, 15) is 26.0 Å². The van der Waals surface area contributed by atoms with Crippen molar-refractivity contribution in [1.82, 2.24) is 19.3 Å². The molecule has 0 radical (unpaired) electrons. The van der Waals surface area contributed by atoms with E-state index in [0.717, 1.165) is 25.3 Å². The number of alkyl halides is 3.